The molecule has 0 unspecified atom stereocenters. The second kappa shape index (κ2) is 13.6. The van der Waals surface area contributed by atoms with Gasteiger partial charge in [-0.25, -0.2) is 0 Å². The highest BCUT2D eigenvalue weighted by Gasteiger charge is 2.18. The molecule has 59 heavy (non-hydrogen) atoms. The van der Waals surface area contributed by atoms with E-state index in [4.69, 9.17) is 4.42 Å². The van der Waals surface area contributed by atoms with E-state index >= 15 is 0 Å². The zero-order valence-electron chi connectivity index (χ0n) is 32.0. The molecule has 0 radical (unpaired) electrons. The molecule has 0 amide bonds. The molecular formula is C56H35NOS. The topological polar surface area (TPSA) is 16.4 Å². The predicted molar refractivity (Wildman–Crippen MR) is 253 cm³/mol. The lowest BCUT2D eigenvalue weighted by Gasteiger charge is -2.26. The Morgan fingerprint density at radius 1 is 0.322 bits per heavy atom. The van der Waals surface area contributed by atoms with Crippen molar-refractivity contribution in [2.24, 2.45) is 0 Å². The van der Waals surface area contributed by atoms with Crippen LogP contribution in [0.3, 0.4) is 0 Å². The van der Waals surface area contributed by atoms with E-state index < -0.39 is 0 Å². The Hall–Kier alpha value is -7.46. The van der Waals surface area contributed by atoms with E-state index in [1.54, 1.807) is 0 Å². The van der Waals surface area contributed by atoms with Crippen molar-refractivity contribution in [3.63, 3.8) is 0 Å². The average Bonchev–Trinajstić information content (AvgIpc) is 3.89. The highest BCUT2D eigenvalue weighted by molar-refractivity contribution is 7.25. The fourth-order valence-corrected chi connectivity index (χ4v) is 10.3. The summed E-state index contributed by atoms with van der Waals surface area (Å²) in [6.07, 6.45) is 0. The summed E-state index contributed by atoms with van der Waals surface area (Å²) in [5, 5.41) is 9.75. The second-order valence-electron chi connectivity index (χ2n) is 15.2. The summed E-state index contributed by atoms with van der Waals surface area (Å²) in [5.41, 5.74) is 12.4. The van der Waals surface area contributed by atoms with Gasteiger partial charge in [-0.1, -0.05) is 152 Å². The lowest BCUT2D eigenvalue weighted by Crippen LogP contribution is -2.10. The van der Waals surface area contributed by atoms with Gasteiger partial charge in [0.25, 0.3) is 0 Å². The molecule has 2 heterocycles. The molecule has 2 aromatic heterocycles. The number of thiophene rings is 1. The van der Waals surface area contributed by atoms with E-state index in [1.807, 2.05) is 17.4 Å². The number of nitrogens with zero attached hydrogens (tertiary/aromatic N) is 1. The minimum Gasteiger partial charge on any atom is -0.456 e. The maximum Gasteiger partial charge on any atom is 0.136 e. The maximum absolute atomic E-state index is 6.35. The normalized spacial score (nSPS) is 11.7. The van der Waals surface area contributed by atoms with Crippen molar-refractivity contribution >= 4 is 92.1 Å². The fourth-order valence-electron chi connectivity index (χ4n) is 9.15. The van der Waals surface area contributed by atoms with Gasteiger partial charge in [-0.15, -0.1) is 11.3 Å². The predicted octanol–water partition coefficient (Wildman–Crippen LogP) is 16.7. The number of anilines is 3. The minimum absolute atomic E-state index is 0.899. The van der Waals surface area contributed by atoms with Gasteiger partial charge in [0.15, 0.2) is 0 Å². The van der Waals surface area contributed by atoms with Gasteiger partial charge in [-0.05, 0) is 116 Å². The molecule has 276 valence electrons. The minimum atomic E-state index is 0.899. The van der Waals surface area contributed by atoms with E-state index in [2.05, 4.69) is 211 Å². The summed E-state index contributed by atoms with van der Waals surface area (Å²) in [5.74, 6) is 0. The first-order valence-corrected chi connectivity index (χ1v) is 20.9. The lowest BCUT2D eigenvalue weighted by molar-refractivity contribution is 0.669. The SMILES string of the molecule is c1ccc(-c2cccc3cccc(-c4ccc(N(c5ccc(-c6cccc7sc8ccccc8c67)cc5)c5ccc6ccc7oc8ccccc8c7c6c5)cc4)c23)cc1. The number of benzene rings is 10. The van der Waals surface area contributed by atoms with Crippen LogP contribution in [-0.2, 0) is 0 Å². The van der Waals surface area contributed by atoms with E-state index in [0.717, 1.165) is 39.0 Å². The summed E-state index contributed by atoms with van der Waals surface area (Å²) < 4.78 is 8.97. The third-order valence-electron chi connectivity index (χ3n) is 11.9. The van der Waals surface area contributed by atoms with Crippen molar-refractivity contribution in [2.75, 3.05) is 4.90 Å². The van der Waals surface area contributed by atoms with Crippen LogP contribution in [-0.4, -0.2) is 0 Å². The van der Waals surface area contributed by atoms with Gasteiger partial charge in [0.05, 0.1) is 0 Å². The molecule has 3 heteroatoms. The van der Waals surface area contributed by atoms with Gasteiger partial charge in [0, 0.05) is 48.0 Å². The van der Waals surface area contributed by atoms with Crippen molar-refractivity contribution in [2.45, 2.75) is 0 Å². The Labute approximate surface area is 345 Å². The molecule has 10 aromatic carbocycles. The van der Waals surface area contributed by atoms with Crippen LogP contribution < -0.4 is 4.90 Å². The van der Waals surface area contributed by atoms with Gasteiger partial charge < -0.3 is 9.32 Å². The average molecular weight is 770 g/mol. The van der Waals surface area contributed by atoms with Gasteiger partial charge in [0.1, 0.15) is 11.2 Å². The largest absolute Gasteiger partial charge is 0.456 e. The quantitative estimate of drug-likeness (QED) is 0.167. The van der Waals surface area contributed by atoms with Crippen LogP contribution in [0.25, 0.3) is 97.0 Å². The monoisotopic (exact) mass is 769 g/mol. The van der Waals surface area contributed by atoms with Crippen LogP contribution in [0.5, 0.6) is 0 Å². The third kappa shape index (κ3) is 5.55. The highest BCUT2D eigenvalue weighted by Crippen LogP contribution is 2.44. The maximum atomic E-state index is 6.35. The molecule has 0 N–H and O–H groups in total. The zero-order valence-corrected chi connectivity index (χ0v) is 32.8. The molecule has 0 spiro atoms. The first-order valence-electron chi connectivity index (χ1n) is 20.1. The summed E-state index contributed by atoms with van der Waals surface area (Å²) in [7, 11) is 0. The number of hydrogen-bond donors (Lipinski definition) is 0. The van der Waals surface area contributed by atoms with Crippen LogP contribution in [0.15, 0.2) is 217 Å². The molecule has 2 nitrogen and oxygen atoms in total. The van der Waals surface area contributed by atoms with Gasteiger partial charge in [-0.3, -0.25) is 0 Å². The van der Waals surface area contributed by atoms with Crippen molar-refractivity contribution in [3.05, 3.63) is 212 Å². The van der Waals surface area contributed by atoms with E-state index in [9.17, 15) is 0 Å². The first kappa shape index (κ1) is 33.7. The Kier molecular flexibility index (Phi) is 7.75. The standard InChI is InChI=1S/C56H35NOS/c1-2-11-36(12-3-1)44-17-8-13-40-14-9-18-45(54(40)44)37-23-29-41(30-24-37)57(43-33-27-39-28-34-51-55(49(39)35-43)47-15-4-6-20-50(47)58-51)42-31-25-38(26-32-42)46-19-10-22-53-56(46)48-16-5-7-21-52(48)59-53/h1-35H. The van der Waals surface area contributed by atoms with Gasteiger partial charge in [-0.2, -0.15) is 0 Å². The smallest absolute Gasteiger partial charge is 0.136 e. The second-order valence-corrected chi connectivity index (χ2v) is 16.3. The van der Waals surface area contributed by atoms with Crippen LogP contribution in [0.4, 0.5) is 17.1 Å². The first-order chi connectivity index (χ1) is 29.2. The Bertz CT molecular complexity index is 3540. The molecule has 0 atom stereocenters. The summed E-state index contributed by atoms with van der Waals surface area (Å²) in [6, 6.07) is 77.0. The zero-order chi connectivity index (χ0) is 38.9. The molecule has 0 bridgehead atoms. The Balaban J connectivity index is 1.02. The summed E-state index contributed by atoms with van der Waals surface area (Å²) >= 11 is 1.86. The van der Waals surface area contributed by atoms with E-state index in [1.165, 1.54) is 75.1 Å². The number of furan rings is 1. The highest BCUT2D eigenvalue weighted by atomic mass is 32.1. The van der Waals surface area contributed by atoms with Crippen molar-refractivity contribution in [1.29, 1.82) is 0 Å². The van der Waals surface area contributed by atoms with Crippen LogP contribution >= 0.6 is 11.3 Å². The van der Waals surface area contributed by atoms with Crippen LogP contribution in [0.1, 0.15) is 0 Å². The number of para-hydroxylation sites is 1. The lowest BCUT2D eigenvalue weighted by atomic mass is 9.91. The molecule has 0 aliphatic rings. The molecule has 0 aliphatic heterocycles. The van der Waals surface area contributed by atoms with E-state index in [0.29, 0.717) is 0 Å². The Morgan fingerprint density at radius 2 is 0.881 bits per heavy atom. The fraction of sp³-hybridized carbons (Fsp3) is 0. The molecule has 12 rings (SSSR count). The van der Waals surface area contributed by atoms with Crippen LogP contribution in [0, 0.1) is 0 Å². The summed E-state index contributed by atoms with van der Waals surface area (Å²) in [6.45, 7) is 0. The molecular weight excluding hydrogens is 735 g/mol. The molecule has 0 aliphatic carbocycles. The van der Waals surface area contributed by atoms with Gasteiger partial charge in [0.2, 0.25) is 0 Å². The summed E-state index contributed by atoms with van der Waals surface area (Å²) in [4.78, 5) is 2.38. The van der Waals surface area contributed by atoms with Crippen molar-refractivity contribution < 1.29 is 4.42 Å². The number of hydrogen-bond acceptors (Lipinski definition) is 3. The molecule has 0 saturated heterocycles. The number of fused-ring (bicyclic) bond motifs is 9. The third-order valence-corrected chi connectivity index (χ3v) is 13.0. The van der Waals surface area contributed by atoms with Gasteiger partial charge >= 0.3 is 0 Å². The molecule has 12 aromatic rings. The number of rotatable bonds is 6. The van der Waals surface area contributed by atoms with Crippen molar-refractivity contribution in [1.82, 2.24) is 0 Å². The van der Waals surface area contributed by atoms with E-state index in [-0.39, 0.29) is 0 Å². The van der Waals surface area contributed by atoms with Crippen molar-refractivity contribution in [3.8, 4) is 33.4 Å². The Morgan fingerprint density at radius 3 is 1.61 bits per heavy atom. The molecule has 0 saturated carbocycles. The molecule has 0 fully saturated rings. The van der Waals surface area contributed by atoms with Crippen LogP contribution in [0.2, 0.25) is 0 Å².